The zero-order valence-corrected chi connectivity index (χ0v) is 14.7. The first-order valence-corrected chi connectivity index (χ1v) is 8.10. The van der Waals surface area contributed by atoms with Crippen LogP contribution in [0.1, 0.15) is 30.2 Å². The molecule has 5 nitrogen and oxygen atoms in total. The lowest BCUT2D eigenvalue weighted by Gasteiger charge is -2.17. The SMILES string of the molecule is COc1ccc([C@@H](O)CNC(=O)N[C@@H](C)c2ccc(F)c(Cl)c2)cc1. The number of halogens is 2. The summed E-state index contributed by atoms with van der Waals surface area (Å²) in [5.41, 5.74) is 1.34. The van der Waals surface area contributed by atoms with E-state index in [1.807, 2.05) is 0 Å². The van der Waals surface area contributed by atoms with Crippen LogP contribution in [0.3, 0.4) is 0 Å². The van der Waals surface area contributed by atoms with E-state index < -0.39 is 18.0 Å². The molecule has 7 heteroatoms. The Labute approximate surface area is 150 Å². The third-order valence-corrected chi connectivity index (χ3v) is 4.04. The third-order valence-electron chi connectivity index (χ3n) is 3.75. The number of methoxy groups -OCH3 is 1. The molecule has 2 aromatic rings. The van der Waals surface area contributed by atoms with Gasteiger partial charge in [-0.2, -0.15) is 0 Å². The number of ether oxygens (including phenoxy) is 1. The number of carbonyl (C=O) groups is 1. The molecule has 3 N–H and O–H groups in total. The molecule has 25 heavy (non-hydrogen) atoms. The molecule has 2 aromatic carbocycles. The summed E-state index contributed by atoms with van der Waals surface area (Å²) in [6.45, 7) is 1.80. The van der Waals surface area contributed by atoms with Crippen molar-refractivity contribution in [2.75, 3.05) is 13.7 Å². The van der Waals surface area contributed by atoms with Crippen molar-refractivity contribution in [3.8, 4) is 5.75 Å². The first-order valence-electron chi connectivity index (χ1n) is 7.72. The van der Waals surface area contributed by atoms with Gasteiger partial charge in [0.1, 0.15) is 11.6 Å². The van der Waals surface area contributed by atoms with Gasteiger partial charge in [0.2, 0.25) is 0 Å². The minimum Gasteiger partial charge on any atom is -0.497 e. The second-order valence-corrected chi connectivity index (χ2v) is 5.95. The average molecular weight is 367 g/mol. The number of aliphatic hydroxyl groups excluding tert-OH is 1. The molecule has 134 valence electrons. The number of amides is 2. The molecule has 0 bridgehead atoms. The van der Waals surface area contributed by atoms with E-state index in [2.05, 4.69) is 10.6 Å². The summed E-state index contributed by atoms with van der Waals surface area (Å²) < 4.78 is 18.2. The fraction of sp³-hybridized carbons (Fsp3) is 0.278. The van der Waals surface area contributed by atoms with Crippen LogP contribution in [0.15, 0.2) is 42.5 Å². The highest BCUT2D eigenvalue weighted by Gasteiger charge is 2.13. The molecule has 2 amide bonds. The predicted molar refractivity (Wildman–Crippen MR) is 94.3 cm³/mol. The number of urea groups is 1. The van der Waals surface area contributed by atoms with E-state index >= 15 is 0 Å². The van der Waals surface area contributed by atoms with Crippen molar-refractivity contribution in [1.82, 2.24) is 10.6 Å². The van der Waals surface area contributed by atoms with Gasteiger partial charge in [-0.1, -0.05) is 29.8 Å². The number of hydrogen-bond acceptors (Lipinski definition) is 3. The average Bonchev–Trinajstić information content (AvgIpc) is 2.62. The number of hydrogen-bond donors (Lipinski definition) is 3. The topological polar surface area (TPSA) is 70.6 Å². The Morgan fingerprint density at radius 3 is 2.48 bits per heavy atom. The van der Waals surface area contributed by atoms with Crippen molar-refractivity contribution in [3.05, 3.63) is 64.4 Å². The fourth-order valence-electron chi connectivity index (χ4n) is 2.25. The van der Waals surface area contributed by atoms with Crippen LogP contribution in [0.4, 0.5) is 9.18 Å². The van der Waals surface area contributed by atoms with Crippen LogP contribution < -0.4 is 15.4 Å². The van der Waals surface area contributed by atoms with Gasteiger partial charge in [0.05, 0.1) is 24.3 Å². The summed E-state index contributed by atoms with van der Waals surface area (Å²) in [6.07, 6.45) is -0.841. The van der Waals surface area contributed by atoms with Crippen molar-refractivity contribution in [3.63, 3.8) is 0 Å². The van der Waals surface area contributed by atoms with Gasteiger partial charge in [0, 0.05) is 6.54 Å². The van der Waals surface area contributed by atoms with Crippen LogP contribution in [-0.4, -0.2) is 24.8 Å². The normalized spacial score (nSPS) is 13.0. The molecule has 0 aliphatic carbocycles. The molecule has 0 unspecified atom stereocenters. The molecule has 0 spiro atoms. The van der Waals surface area contributed by atoms with Crippen LogP contribution in [0.2, 0.25) is 5.02 Å². The van der Waals surface area contributed by atoms with Gasteiger partial charge in [-0.15, -0.1) is 0 Å². The van der Waals surface area contributed by atoms with Crippen LogP contribution >= 0.6 is 11.6 Å². The molecule has 2 rings (SSSR count). The maximum absolute atomic E-state index is 13.2. The summed E-state index contributed by atoms with van der Waals surface area (Å²) in [7, 11) is 1.56. The second-order valence-electron chi connectivity index (χ2n) is 5.54. The largest absolute Gasteiger partial charge is 0.497 e. The minimum absolute atomic E-state index is 0.00138. The van der Waals surface area contributed by atoms with E-state index in [4.69, 9.17) is 16.3 Å². The van der Waals surface area contributed by atoms with E-state index in [0.29, 0.717) is 16.9 Å². The highest BCUT2D eigenvalue weighted by atomic mass is 35.5. The number of benzene rings is 2. The van der Waals surface area contributed by atoms with Crippen LogP contribution in [0.5, 0.6) is 5.75 Å². The van der Waals surface area contributed by atoms with Gasteiger partial charge >= 0.3 is 6.03 Å². The maximum atomic E-state index is 13.2. The highest BCUT2D eigenvalue weighted by molar-refractivity contribution is 6.30. The number of aliphatic hydroxyl groups is 1. The van der Waals surface area contributed by atoms with Crippen molar-refractivity contribution >= 4 is 17.6 Å². The summed E-state index contributed by atoms with van der Waals surface area (Å²) in [5, 5.41) is 15.4. The van der Waals surface area contributed by atoms with Gasteiger partial charge in [0.25, 0.3) is 0 Å². The van der Waals surface area contributed by atoms with E-state index in [9.17, 15) is 14.3 Å². The van der Waals surface area contributed by atoms with Crippen LogP contribution in [-0.2, 0) is 0 Å². The Kier molecular flexibility index (Phi) is 6.61. The third kappa shape index (κ3) is 5.34. The number of carbonyl (C=O) groups excluding carboxylic acids is 1. The van der Waals surface area contributed by atoms with Crippen molar-refractivity contribution in [2.45, 2.75) is 19.1 Å². The smallest absolute Gasteiger partial charge is 0.315 e. The molecule has 0 saturated carbocycles. The summed E-state index contributed by atoms with van der Waals surface area (Å²) >= 11 is 5.74. The standard InChI is InChI=1S/C18H20ClFN2O3/c1-11(13-5-8-16(20)15(19)9-13)22-18(24)21-10-17(23)12-3-6-14(25-2)7-4-12/h3-9,11,17,23H,10H2,1-2H3,(H2,21,22,24)/t11-,17-/m0/s1. The number of nitrogens with one attached hydrogen (secondary N) is 2. The summed E-state index contributed by atoms with van der Waals surface area (Å²) in [4.78, 5) is 12.0. The van der Waals surface area contributed by atoms with Crippen LogP contribution in [0.25, 0.3) is 0 Å². The molecule has 0 aliphatic heterocycles. The molecule has 0 heterocycles. The molecular formula is C18H20ClFN2O3. The Morgan fingerprint density at radius 1 is 1.24 bits per heavy atom. The van der Waals surface area contributed by atoms with Crippen molar-refractivity contribution in [2.24, 2.45) is 0 Å². The quantitative estimate of drug-likeness (QED) is 0.731. The Hall–Kier alpha value is -2.31. The Morgan fingerprint density at radius 2 is 1.88 bits per heavy atom. The van der Waals surface area contributed by atoms with E-state index in [1.54, 1.807) is 44.4 Å². The molecule has 0 aliphatic rings. The first kappa shape index (κ1) is 19.0. The van der Waals surface area contributed by atoms with E-state index in [0.717, 1.165) is 0 Å². The van der Waals surface area contributed by atoms with E-state index in [1.165, 1.54) is 12.1 Å². The van der Waals surface area contributed by atoms with Crippen molar-refractivity contribution in [1.29, 1.82) is 0 Å². The highest BCUT2D eigenvalue weighted by Crippen LogP contribution is 2.21. The van der Waals surface area contributed by atoms with Gasteiger partial charge in [0.15, 0.2) is 0 Å². The number of rotatable bonds is 6. The Balaban J connectivity index is 1.85. The maximum Gasteiger partial charge on any atom is 0.315 e. The van der Waals surface area contributed by atoms with Gasteiger partial charge in [-0.25, -0.2) is 9.18 Å². The first-order chi connectivity index (χ1) is 11.9. The zero-order valence-electron chi connectivity index (χ0n) is 13.9. The van der Waals surface area contributed by atoms with Crippen molar-refractivity contribution < 1.29 is 19.0 Å². The summed E-state index contributed by atoms with van der Waals surface area (Å²) in [5.74, 6) is 0.179. The van der Waals surface area contributed by atoms with Crippen LogP contribution in [0, 0.1) is 5.82 Å². The predicted octanol–water partition coefficient (Wildman–Crippen LogP) is 3.58. The molecule has 0 aromatic heterocycles. The fourth-order valence-corrected chi connectivity index (χ4v) is 2.43. The minimum atomic E-state index is -0.841. The molecule has 0 saturated heterocycles. The van der Waals surface area contributed by atoms with Gasteiger partial charge in [-0.3, -0.25) is 0 Å². The lowest BCUT2D eigenvalue weighted by Crippen LogP contribution is -2.39. The lowest BCUT2D eigenvalue weighted by molar-refractivity contribution is 0.172. The van der Waals surface area contributed by atoms with E-state index in [-0.39, 0.29) is 17.6 Å². The Bertz CT molecular complexity index is 725. The molecular weight excluding hydrogens is 347 g/mol. The van der Waals surface area contributed by atoms with Gasteiger partial charge in [-0.05, 0) is 42.3 Å². The second kappa shape index (κ2) is 8.69. The molecule has 0 fully saturated rings. The van der Waals surface area contributed by atoms with Gasteiger partial charge < -0.3 is 20.5 Å². The summed E-state index contributed by atoms with van der Waals surface area (Å²) in [6, 6.07) is 10.4. The molecule has 0 radical (unpaired) electrons. The molecule has 2 atom stereocenters. The zero-order chi connectivity index (χ0) is 18.4. The lowest BCUT2D eigenvalue weighted by atomic mass is 10.1. The monoisotopic (exact) mass is 366 g/mol.